The number of aromatic nitrogens is 1. The minimum Gasteiger partial charge on any atom is -0.385 e. The normalized spacial score (nSPS) is 11.1. The Morgan fingerprint density at radius 3 is 2.27 bits per heavy atom. The summed E-state index contributed by atoms with van der Waals surface area (Å²) in [5.41, 5.74) is 2.21. The smallest absolute Gasteiger partial charge is 0.263 e. The van der Waals surface area contributed by atoms with Crippen LogP contribution in [-0.4, -0.2) is 19.9 Å². The fraction of sp³-hybridized carbons (Fsp3) is 0.150. The number of hydrogen-bond donors (Lipinski definition) is 2. The fourth-order valence-electron chi connectivity index (χ4n) is 2.54. The first-order valence-electron chi connectivity index (χ1n) is 8.45. The zero-order chi connectivity index (χ0) is 18.2. The maximum absolute atomic E-state index is 12.4. The summed E-state index contributed by atoms with van der Waals surface area (Å²) in [6, 6.07) is 22.1. The number of pyridine rings is 1. The highest BCUT2D eigenvalue weighted by Crippen LogP contribution is 2.17. The molecule has 6 heteroatoms. The molecule has 0 saturated carbocycles. The summed E-state index contributed by atoms with van der Waals surface area (Å²) in [7, 11) is -3.63. The van der Waals surface area contributed by atoms with Crippen LogP contribution < -0.4 is 10.0 Å². The molecule has 5 nitrogen and oxygen atoms in total. The van der Waals surface area contributed by atoms with Crippen molar-refractivity contribution in [2.24, 2.45) is 0 Å². The summed E-state index contributed by atoms with van der Waals surface area (Å²) in [6.07, 6.45) is 3.56. The highest BCUT2D eigenvalue weighted by atomic mass is 32.2. The summed E-state index contributed by atoms with van der Waals surface area (Å²) in [6.45, 7) is 0.827. The topological polar surface area (TPSA) is 71.1 Å². The van der Waals surface area contributed by atoms with Crippen molar-refractivity contribution in [3.8, 4) is 0 Å². The molecule has 134 valence electrons. The van der Waals surface area contributed by atoms with E-state index in [9.17, 15) is 8.42 Å². The number of anilines is 2. The second-order valence-electron chi connectivity index (χ2n) is 5.86. The summed E-state index contributed by atoms with van der Waals surface area (Å²) < 4.78 is 27.2. The number of nitrogens with one attached hydrogen (secondary N) is 2. The van der Waals surface area contributed by atoms with Gasteiger partial charge in [-0.2, -0.15) is 0 Å². The number of sulfonamides is 1. The quantitative estimate of drug-likeness (QED) is 0.592. The van der Waals surface area contributed by atoms with Crippen LogP contribution in [0.15, 0.2) is 83.9 Å². The molecule has 0 spiro atoms. The van der Waals surface area contributed by atoms with Gasteiger partial charge in [0.2, 0.25) is 0 Å². The molecule has 1 heterocycles. The molecule has 0 fully saturated rings. The van der Waals surface area contributed by atoms with Gasteiger partial charge in [-0.05, 0) is 54.8 Å². The van der Waals surface area contributed by atoms with Gasteiger partial charge in [0.25, 0.3) is 10.0 Å². The van der Waals surface area contributed by atoms with E-state index in [4.69, 9.17) is 0 Å². The van der Waals surface area contributed by atoms with Crippen LogP contribution in [0.2, 0.25) is 0 Å². The van der Waals surface area contributed by atoms with Gasteiger partial charge in [0.1, 0.15) is 5.82 Å². The highest BCUT2D eigenvalue weighted by Gasteiger charge is 2.14. The van der Waals surface area contributed by atoms with E-state index in [0.29, 0.717) is 5.82 Å². The van der Waals surface area contributed by atoms with Gasteiger partial charge in [0, 0.05) is 18.4 Å². The van der Waals surface area contributed by atoms with Crippen molar-refractivity contribution in [1.82, 2.24) is 4.98 Å². The molecule has 0 unspecified atom stereocenters. The lowest BCUT2D eigenvalue weighted by Gasteiger charge is -2.09. The first-order valence-corrected chi connectivity index (χ1v) is 9.93. The molecule has 0 saturated heterocycles. The van der Waals surface area contributed by atoms with Crippen LogP contribution in [0.3, 0.4) is 0 Å². The number of benzene rings is 2. The molecule has 3 rings (SSSR count). The fourth-order valence-corrected chi connectivity index (χ4v) is 3.55. The third kappa shape index (κ3) is 5.07. The second kappa shape index (κ2) is 8.49. The first-order chi connectivity index (χ1) is 12.6. The largest absolute Gasteiger partial charge is 0.385 e. The van der Waals surface area contributed by atoms with Crippen molar-refractivity contribution >= 4 is 21.5 Å². The number of rotatable bonds is 8. The highest BCUT2D eigenvalue weighted by molar-refractivity contribution is 7.92. The molecule has 1 aromatic heterocycles. The van der Waals surface area contributed by atoms with E-state index < -0.39 is 10.0 Å². The standard InChI is InChI=1S/C20H21N3O2S/c24-26(25,23-20-10-4-5-15-22-20)19-13-11-18(12-14-19)21-16-6-9-17-7-2-1-3-8-17/h1-5,7-8,10-15,21H,6,9,16H2,(H,22,23). The molecule has 0 aliphatic rings. The second-order valence-corrected chi connectivity index (χ2v) is 7.54. The molecular formula is C20H21N3O2S. The van der Waals surface area contributed by atoms with E-state index in [1.54, 1.807) is 48.7 Å². The Morgan fingerprint density at radius 2 is 1.58 bits per heavy atom. The van der Waals surface area contributed by atoms with E-state index in [2.05, 4.69) is 27.2 Å². The van der Waals surface area contributed by atoms with E-state index in [-0.39, 0.29) is 4.90 Å². The van der Waals surface area contributed by atoms with E-state index >= 15 is 0 Å². The van der Waals surface area contributed by atoms with Gasteiger partial charge < -0.3 is 5.32 Å². The van der Waals surface area contributed by atoms with Crippen molar-refractivity contribution in [1.29, 1.82) is 0 Å². The Balaban J connectivity index is 1.53. The Hall–Kier alpha value is -2.86. The molecule has 2 N–H and O–H groups in total. The zero-order valence-corrected chi connectivity index (χ0v) is 15.1. The van der Waals surface area contributed by atoms with Crippen molar-refractivity contribution in [2.75, 3.05) is 16.6 Å². The minimum absolute atomic E-state index is 0.206. The zero-order valence-electron chi connectivity index (χ0n) is 14.3. The summed E-state index contributed by atoms with van der Waals surface area (Å²) in [5, 5.41) is 3.32. The summed E-state index contributed by atoms with van der Waals surface area (Å²) in [4.78, 5) is 4.19. The third-order valence-corrected chi connectivity index (χ3v) is 5.25. The van der Waals surface area contributed by atoms with Crippen LogP contribution in [0.1, 0.15) is 12.0 Å². The Morgan fingerprint density at radius 1 is 0.846 bits per heavy atom. The molecule has 2 aromatic carbocycles. The van der Waals surface area contributed by atoms with E-state index in [0.717, 1.165) is 25.1 Å². The predicted octanol–water partition coefficient (Wildman–Crippen LogP) is 3.93. The summed E-state index contributed by atoms with van der Waals surface area (Å²) in [5.74, 6) is 0.301. The predicted molar refractivity (Wildman–Crippen MR) is 105 cm³/mol. The average molecular weight is 367 g/mol. The minimum atomic E-state index is -3.63. The van der Waals surface area contributed by atoms with Crippen molar-refractivity contribution in [2.45, 2.75) is 17.7 Å². The van der Waals surface area contributed by atoms with Gasteiger partial charge in [-0.3, -0.25) is 4.72 Å². The molecule has 0 radical (unpaired) electrons. The number of aryl methyl sites for hydroxylation is 1. The van der Waals surface area contributed by atoms with Crippen LogP contribution in [0.4, 0.5) is 11.5 Å². The van der Waals surface area contributed by atoms with Crippen LogP contribution in [0.5, 0.6) is 0 Å². The monoisotopic (exact) mass is 367 g/mol. The maximum atomic E-state index is 12.4. The van der Waals surface area contributed by atoms with Crippen molar-refractivity contribution in [3.63, 3.8) is 0 Å². The molecule has 26 heavy (non-hydrogen) atoms. The van der Waals surface area contributed by atoms with Gasteiger partial charge in [0.15, 0.2) is 0 Å². The van der Waals surface area contributed by atoms with Gasteiger partial charge in [-0.15, -0.1) is 0 Å². The lowest BCUT2D eigenvalue weighted by Crippen LogP contribution is -2.13. The van der Waals surface area contributed by atoms with E-state index in [1.165, 1.54) is 5.56 Å². The number of hydrogen-bond acceptors (Lipinski definition) is 4. The number of nitrogens with zero attached hydrogens (tertiary/aromatic N) is 1. The van der Waals surface area contributed by atoms with Crippen LogP contribution >= 0.6 is 0 Å². The molecule has 3 aromatic rings. The summed E-state index contributed by atoms with van der Waals surface area (Å²) >= 11 is 0. The van der Waals surface area contributed by atoms with Crippen LogP contribution in [-0.2, 0) is 16.4 Å². The van der Waals surface area contributed by atoms with Crippen LogP contribution in [0, 0.1) is 0 Å². The Labute approximate surface area is 154 Å². The van der Waals surface area contributed by atoms with Crippen LogP contribution in [0.25, 0.3) is 0 Å². The van der Waals surface area contributed by atoms with Crippen molar-refractivity contribution in [3.05, 3.63) is 84.6 Å². The molecule has 0 amide bonds. The maximum Gasteiger partial charge on any atom is 0.263 e. The third-order valence-electron chi connectivity index (χ3n) is 3.88. The Kier molecular flexibility index (Phi) is 5.86. The molecule has 0 aliphatic heterocycles. The lowest BCUT2D eigenvalue weighted by molar-refractivity contribution is 0.601. The van der Waals surface area contributed by atoms with Gasteiger partial charge in [0.05, 0.1) is 4.90 Å². The lowest BCUT2D eigenvalue weighted by atomic mass is 10.1. The molecular weight excluding hydrogens is 346 g/mol. The molecule has 0 atom stereocenters. The van der Waals surface area contributed by atoms with Gasteiger partial charge in [-0.25, -0.2) is 13.4 Å². The average Bonchev–Trinajstić information content (AvgIpc) is 2.67. The van der Waals surface area contributed by atoms with Crippen molar-refractivity contribution < 1.29 is 8.42 Å². The first kappa shape index (κ1) is 17.9. The Bertz CT molecular complexity index is 912. The molecule has 0 bridgehead atoms. The SMILES string of the molecule is O=S(=O)(Nc1ccccn1)c1ccc(NCCCc2ccccc2)cc1. The van der Waals surface area contributed by atoms with E-state index in [1.807, 2.05) is 18.2 Å². The molecule has 0 aliphatic carbocycles. The van der Waals surface area contributed by atoms with Gasteiger partial charge >= 0.3 is 0 Å². The van der Waals surface area contributed by atoms with Gasteiger partial charge in [-0.1, -0.05) is 36.4 Å².